The second kappa shape index (κ2) is 8.07. The van der Waals surface area contributed by atoms with Gasteiger partial charge in [0.25, 0.3) is 5.91 Å². The summed E-state index contributed by atoms with van der Waals surface area (Å²) in [6, 6.07) is 11.4. The maximum absolute atomic E-state index is 12.4. The second-order valence-corrected chi connectivity index (χ2v) is 8.58. The van der Waals surface area contributed by atoms with Gasteiger partial charge in [-0.25, -0.2) is 13.8 Å². The zero-order chi connectivity index (χ0) is 19.4. The summed E-state index contributed by atoms with van der Waals surface area (Å²) < 4.78 is 37.1. The smallest absolute Gasteiger partial charge is 0.255 e. The van der Waals surface area contributed by atoms with Crippen LogP contribution >= 0.6 is 15.9 Å². The number of ether oxygens (including phenoxy) is 2. The quantitative estimate of drug-likeness (QED) is 0.532. The summed E-state index contributed by atoms with van der Waals surface area (Å²) in [6.07, 6.45) is 1.43. The van der Waals surface area contributed by atoms with E-state index in [9.17, 15) is 13.2 Å². The third kappa shape index (κ3) is 4.65. The lowest BCUT2D eigenvalue weighted by atomic mass is 10.2. The van der Waals surface area contributed by atoms with E-state index in [1.807, 2.05) is 0 Å². The van der Waals surface area contributed by atoms with Gasteiger partial charge in [0.05, 0.1) is 17.7 Å². The van der Waals surface area contributed by atoms with Gasteiger partial charge in [-0.15, -0.1) is 0 Å². The first-order valence-electron chi connectivity index (χ1n) is 7.80. The average Bonchev–Trinajstić information content (AvgIpc) is 3.10. The largest absolute Gasteiger partial charge is 0.454 e. The molecule has 0 radical (unpaired) electrons. The number of sulfonamides is 1. The molecule has 0 unspecified atom stereocenters. The number of carbonyl (C=O) groups is 1. The maximum atomic E-state index is 12.4. The highest BCUT2D eigenvalue weighted by Gasteiger charge is 2.22. The predicted molar refractivity (Wildman–Crippen MR) is 102 cm³/mol. The molecule has 1 N–H and O–H groups in total. The van der Waals surface area contributed by atoms with Crippen molar-refractivity contribution < 1.29 is 22.7 Å². The standard InChI is InChI=1S/C17H16BrN3O5S/c1-21(27(23,24)14-5-3-13(18)4-6-14)10-17(22)20-19-9-12-2-7-15-16(8-12)26-11-25-15/h2-9H,10-11H2,1H3,(H,20,22)/b19-9-. The molecule has 0 fully saturated rings. The summed E-state index contributed by atoms with van der Waals surface area (Å²) >= 11 is 3.25. The summed E-state index contributed by atoms with van der Waals surface area (Å²) in [7, 11) is -2.43. The van der Waals surface area contributed by atoms with Crippen molar-refractivity contribution in [2.75, 3.05) is 20.4 Å². The number of fused-ring (bicyclic) bond motifs is 1. The lowest BCUT2D eigenvalue weighted by Gasteiger charge is -2.16. The number of amides is 1. The molecule has 2 aromatic rings. The highest BCUT2D eigenvalue weighted by atomic mass is 79.9. The number of hydrazone groups is 1. The summed E-state index contributed by atoms with van der Waals surface area (Å²) in [6.45, 7) is -0.192. The predicted octanol–water partition coefficient (Wildman–Crippen LogP) is 1.95. The van der Waals surface area contributed by atoms with Crippen LogP contribution in [0.4, 0.5) is 0 Å². The molecule has 2 aromatic carbocycles. The van der Waals surface area contributed by atoms with Crippen LogP contribution in [0.3, 0.4) is 0 Å². The van der Waals surface area contributed by atoms with Crippen LogP contribution in [0.1, 0.15) is 5.56 Å². The molecule has 3 rings (SSSR count). The van der Waals surface area contributed by atoms with Crippen molar-refractivity contribution >= 4 is 38.1 Å². The van der Waals surface area contributed by atoms with Crippen molar-refractivity contribution in [2.45, 2.75) is 4.90 Å². The molecule has 8 nitrogen and oxygen atoms in total. The molecule has 0 saturated heterocycles. The van der Waals surface area contributed by atoms with Gasteiger partial charge < -0.3 is 9.47 Å². The van der Waals surface area contributed by atoms with Crippen LogP contribution in [0.15, 0.2) is 56.9 Å². The molecule has 0 spiro atoms. The van der Waals surface area contributed by atoms with Gasteiger partial charge in [0.15, 0.2) is 11.5 Å². The molecule has 1 aliphatic heterocycles. The molecule has 1 aliphatic rings. The lowest BCUT2D eigenvalue weighted by molar-refractivity contribution is -0.121. The highest BCUT2D eigenvalue weighted by Crippen LogP contribution is 2.31. The fourth-order valence-corrected chi connectivity index (χ4v) is 3.67. The van der Waals surface area contributed by atoms with E-state index >= 15 is 0 Å². The molecule has 0 saturated carbocycles. The number of nitrogens with one attached hydrogen (secondary N) is 1. The third-order valence-corrected chi connectivity index (χ3v) is 6.03. The van der Waals surface area contributed by atoms with Crippen molar-refractivity contribution in [1.29, 1.82) is 0 Å². The Morgan fingerprint density at radius 2 is 1.93 bits per heavy atom. The highest BCUT2D eigenvalue weighted by molar-refractivity contribution is 9.10. The summed E-state index contributed by atoms with van der Waals surface area (Å²) in [4.78, 5) is 12.1. The third-order valence-electron chi connectivity index (χ3n) is 3.69. The number of nitrogens with zero attached hydrogens (tertiary/aromatic N) is 2. The average molecular weight is 454 g/mol. The van der Waals surface area contributed by atoms with Gasteiger partial charge in [0.2, 0.25) is 16.8 Å². The van der Waals surface area contributed by atoms with Crippen LogP contribution < -0.4 is 14.9 Å². The van der Waals surface area contributed by atoms with Gasteiger partial charge in [0.1, 0.15) is 0 Å². The number of likely N-dealkylation sites (N-methyl/N-ethyl adjacent to an activating group) is 1. The Labute approximate surface area is 164 Å². The minimum Gasteiger partial charge on any atom is -0.454 e. The minimum absolute atomic E-state index is 0.102. The molecular weight excluding hydrogens is 438 g/mol. The van der Waals surface area contributed by atoms with E-state index in [1.165, 1.54) is 25.4 Å². The van der Waals surface area contributed by atoms with Crippen LogP contribution in [0.2, 0.25) is 0 Å². The molecule has 0 aromatic heterocycles. The molecule has 27 heavy (non-hydrogen) atoms. The van der Waals surface area contributed by atoms with Crippen LogP contribution in [0.25, 0.3) is 0 Å². The van der Waals surface area contributed by atoms with Crippen molar-refractivity contribution in [3.8, 4) is 11.5 Å². The van der Waals surface area contributed by atoms with Crippen LogP contribution in [0, 0.1) is 0 Å². The zero-order valence-corrected chi connectivity index (χ0v) is 16.7. The van der Waals surface area contributed by atoms with Crippen molar-refractivity contribution in [3.63, 3.8) is 0 Å². The Hall–Kier alpha value is -2.43. The first-order chi connectivity index (χ1) is 12.9. The topological polar surface area (TPSA) is 97.3 Å². The number of benzene rings is 2. The first-order valence-corrected chi connectivity index (χ1v) is 10.0. The molecule has 0 aliphatic carbocycles. The fraction of sp³-hybridized carbons (Fsp3) is 0.176. The van der Waals surface area contributed by atoms with Crippen LogP contribution in [-0.2, 0) is 14.8 Å². The molecule has 1 amide bonds. The maximum Gasteiger partial charge on any atom is 0.255 e. The Balaban J connectivity index is 1.57. The molecule has 0 bridgehead atoms. The van der Waals surface area contributed by atoms with E-state index < -0.39 is 15.9 Å². The van der Waals surface area contributed by atoms with Crippen molar-refractivity contribution in [3.05, 3.63) is 52.5 Å². The first kappa shape index (κ1) is 19.3. The zero-order valence-electron chi connectivity index (χ0n) is 14.3. The van der Waals surface area contributed by atoms with Gasteiger partial charge in [-0.1, -0.05) is 15.9 Å². The van der Waals surface area contributed by atoms with E-state index in [2.05, 4.69) is 26.5 Å². The number of carbonyl (C=O) groups excluding carboxylic acids is 1. The monoisotopic (exact) mass is 453 g/mol. The van der Waals surface area contributed by atoms with Gasteiger partial charge in [-0.05, 0) is 48.0 Å². The van der Waals surface area contributed by atoms with Gasteiger partial charge >= 0.3 is 0 Å². The molecule has 0 atom stereocenters. The van der Waals surface area contributed by atoms with Crippen LogP contribution in [0.5, 0.6) is 11.5 Å². The molecule has 142 valence electrons. The fourth-order valence-electron chi connectivity index (χ4n) is 2.28. The normalized spacial score (nSPS) is 13.3. The Morgan fingerprint density at radius 3 is 2.67 bits per heavy atom. The molecule has 10 heteroatoms. The van der Waals surface area contributed by atoms with Crippen molar-refractivity contribution in [1.82, 2.24) is 9.73 Å². The number of hydrogen-bond acceptors (Lipinski definition) is 6. The molecule has 1 heterocycles. The van der Waals surface area contributed by atoms with Crippen LogP contribution in [-0.4, -0.2) is 45.2 Å². The van der Waals surface area contributed by atoms with E-state index in [-0.39, 0.29) is 18.2 Å². The Bertz CT molecular complexity index is 977. The summed E-state index contributed by atoms with van der Waals surface area (Å²) in [5.74, 6) is 0.691. The van der Waals surface area contributed by atoms with Gasteiger partial charge in [-0.3, -0.25) is 4.79 Å². The second-order valence-electron chi connectivity index (χ2n) is 5.62. The van der Waals surface area contributed by atoms with Crippen molar-refractivity contribution in [2.24, 2.45) is 5.10 Å². The van der Waals surface area contributed by atoms with E-state index in [4.69, 9.17) is 9.47 Å². The number of hydrogen-bond donors (Lipinski definition) is 1. The van der Waals surface area contributed by atoms with E-state index in [0.717, 1.165) is 8.78 Å². The van der Waals surface area contributed by atoms with Gasteiger partial charge in [0, 0.05) is 11.5 Å². The minimum atomic E-state index is -3.77. The van der Waals surface area contributed by atoms with E-state index in [0.29, 0.717) is 17.1 Å². The molecular formula is C17H16BrN3O5S. The Kier molecular flexibility index (Phi) is 5.78. The number of halogens is 1. The lowest BCUT2D eigenvalue weighted by Crippen LogP contribution is -2.36. The SMILES string of the molecule is CN(CC(=O)N/N=C\c1ccc2c(c1)OCO2)S(=O)(=O)c1ccc(Br)cc1. The number of rotatable bonds is 6. The summed E-state index contributed by atoms with van der Waals surface area (Å²) in [5, 5.41) is 3.84. The van der Waals surface area contributed by atoms with E-state index in [1.54, 1.807) is 30.3 Å². The summed E-state index contributed by atoms with van der Waals surface area (Å²) in [5.41, 5.74) is 3.01. The van der Waals surface area contributed by atoms with Gasteiger partial charge in [-0.2, -0.15) is 9.41 Å². The Morgan fingerprint density at radius 1 is 1.22 bits per heavy atom.